The molecule has 3 rings (SSSR count). The Hall–Kier alpha value is -3.45. The number of para-hydroxylation sites is 1. The van der Waals surface area contributed by atoms with Crippen molar-refractivity contribution >= 4 is 29.1 Å². The Kier molecular flexibility index (Phi) is 5.86. The molecule has 0 spiro atoms. The number of nitro benzene ring substituents is 1. The average molecular weight is 402 g/mol. The number of furan rings is 1. The molecule has 0 bridgehead atoms. The molecule has 1 heterocycles. The van der Waals surface area contributed by atoms with E-state index in [2.05, 4.69) is 0 Å². The van der Waals surface area contributed by atoms with Gasteiger partial charge in [-0.3, -0.25) is 14.9 Å². The van der Waals surface area contributed by atoms with Gasteiger partial charge in [0.25, 0.3) is 5.69 Å². The van der Waals surface area contributed by atoms with E-state index in [1.807, 2.05) is 0 Å². The van der Waals surface area contributed by atoms with Crippen LogP contribution < -0.4 is 4.74 Å². The maximum Gasteiger partial charge on any atom is 0.280 e. The van der Waals surface area contributed by atoms with Crippen LogP contribution in [-0.2, 0) is 6.61 Å². The van der Waals surface area contributed by atoms with Crippen molar-refractivity contribution in [2.75, 3.05) is 0 Å². The maximum absolute atomic E-state index is 13.1. The van der Waals surface area contributed by atoms with Crippen molar-refractivity contribution in [3.05, 3.63) is 98.7 Å². The highest BCUT2D eigenvalue weighted by Crippen LogP contribution is 2.23. The van der Waals surface area contributed by atoms with E-state index in [1.165, 1.54) is 48.6 Å². The summed E-state index contributed by atoms with van der Waals surface area (Å²) in [4.78, 5) is 22.6. The van der Waals surface area contributed by atoms with Gasteiger partial charge in [-0.1, -0.05) is 23.7 Å². The third-order valence-corrected chi connectivity index (χ3v) is 4.01. The molecule has 0 aliphatic rings. The average Bonchev–Trinajstić information content (AvgIpc) is 3.15. The van der Waals surface area contributed by atoms with Crippen LogP contribution in [0.3, 0.4) is 0 Å². The van der Waals surface area contributed by atoms with E-state index in [4.69, 9.17) is 20.8 Å². The summed E-state index contributed by atoms with van der Waals surface area (Å²) in [5, 5.41) is 11.0. The number of rotatable bonds is 7. The molecule has 0 atom stereocenters. The van der Waals surface area contributed by atoms with Crippen LogP contribution in [0.5, 0.6) is 5.75 Å². The smallest absolute Gasteiger partial charge is 0.280 e. The first-order chi connectivity index (χ1) is 13.4. The Morgan fingerprint density at radius 1 is 1.21 bits per heavy atom. The molecule has 8 heteroatoms. The van der Waals surface area contributed by atoms with Crippen LogP contribution in [0.4, 0.5) is 10.1 Å². The fraction of sp³-hybridized carbons (Fsp3) is 0.0500. The SMILES string of the molecule is O=C(/C=C/c1ccc(COc2ccc(F)c(Cl)c2)o1)c1ccccc1[N+](=O)[O-]. The molecule has 0 saturated carbocycles. The molecule has 0 N–H and O–H groups in total. The fourth-order valence-electron chi connectivity index (χ4n) is 2.37. The predicted octanol–water partition coefficient (Wildman–Crippen LogP) is 5.46. The summed E-state index contributed by atoms with van der Waals surface area (Å²) in [6.07, 6.45) is 2.61. The van der Waals surface area contributed by atoms with E-state index in [0.29, 0.717) is 17.3 Å². The van der Waals surface area contributed by atoms with Gasteiger partial charge in [-0.05, 0) is 42.5 Å². The Morgan fingerprint density at radius 2 is 2.00 bits per heavy atom. The highest BCUT2D eigenvalue weighted by atomic mass is 35.5. The van der Waals surface area contributed by atoms with E-state index >= 15 is 0 Å². The summed E-state index contributed by atoms with van der Waals surface area (Å²) in [5.41, 5.74) is -0.268. The number of hydrogen-bond donors (Lipinski definition) is 0. The maximum atomic E-state index is 13.1. The van der Waals surface area contributed by atoms with Gasteiger partial charge in [0, 0.05) is 12.1 Å². The van der Waals surface area contributed by atoms with Gasteiger partial charge >= 0.3 is 0 Å². The standard InChI is InChI=1S/C20H13ClFNO5/c21-17-11-14(7-9-18(17)22)27-12-15-6-5-13(28-15)8-10-20(24)16-3-1-2-4-19(16)23(25)26/h1-11H,12H2/b10-8+. The quantitative estimate of drug-likeness (QED) is 0.227. The van der Waals surface area contributed by atoms with Crippen molar-refractivity contribution in [2.45, 2.75) is 6.61 Å². The number of ether oxygens (including phenoxy) is 1. The van der Waals surface area contributed by atoms with Crippen LogP contribution in [-0.4, -0.2) is 10.7 Å². The highest BCUT2D eigenvalue weighted by molar-refractivity contribution is 6.30. The minimum absolute atomic E-state index is 0.00736. The Balaban J connectivity index is 1.65. The number of nitrogens with zero attached hydrogens (tertiary/aromatic N) is 1. The molecule has 28 heavy (non-hydrogen) atoms. The largest absolute Gasteiger partial charge is 0.486 e. The molecular weight excluding hydrogens is 389 g/mol. The van der Waals surface area contributed by atoms with Gasteiger partial charge < -0.3 is 9.15 Å². The Labute approximate surface area is 164 Å². The van der Waals surface area contributed by atoms with Crippen LogP contribution >= 0.6 is 11.6 Å². The minimum atomic E-state index is -0.606. The van der Waals surface area contributed by atoms with Gasteiger partial charge in [0.1, 0.15) is 29.7 Å². The van der Waals surface area contributed by atoms with Crippen molar-refractivity contribution in [3.8, 4) is 5.75 Å². The zero-order valence-corrected chi connectivity index (χ0v) is 15.1. The van der Waals surface area contributed by atoms with Gasteiger partial charge in [0.15, 0.2) is 5.78 Å². The zero-order valence-electron chi connectivity index (χ0n) is 14.3. The highest BCUT2D eigenvalue weighted by Gasteiger charge is 2.17. The number of nitro groups is 1. The summed E-state index contributed by atoms with van der Waals surface area (Å²) in [6.45, 7) is 0.0773. The fourth-order valence-corrected chi connectivity index (χ4v) is 2.54. The van der Waals surface area contributed by atoms with Crippen molar-refractivity contribution in [2.24, 2.45) is 0 Å². The second-order valence-corrected chi connectivity index (χ2v) is 6.05. The first kappa shape index (κ1) is 19.3. The number of halogens is 2. The van der Waals surface area contributed by atoms with E-state index in [1.54, 1.807) is 18.2 Å². The zero-order chi connectivity index (χ0) is 20.1. The Bertz CT molecular complexity index is 1060. The lowest BCUT2D eigenvalue weighted by Gasteiger charge is -2.04. The third kappa shape index (κ3) is 4.63. The number of hydrogen-bond acceptors (Lipinski definition) is 5. The van der Waals surface area contributed by atoms with Gasteiger partial charge in [-0.25, -0.2) is 4.39 Å². The van der Waals surface area contributed by atoms with Crippen LogP contribution in [0.1, 0.15) is 21.9 Å². The second kappa shape index (κ2) is 8.49. The summed E-state index contributed by atoms with van der Waals surface area (Å²) < 4.78 is 24.1. The molecule has 6 nitrogen and oxygen atoms in total. The molecule has 2 aromatic carbocycles. The first-order valence-electron chi connectivity index (χ1n) is 8.06. The van der Waals surface area contributed by atoms with Crippen molar-refractivity contribution in [1.29, 1.82) is 0 Å². The normalized spacial score (nSPS) is 10.9. The van der Waals surface area contributed by atoms with E-state index in [9.17, 15) is 19.3 Å². The van der Waals surface area contributed by atoms with Crippen molar-refractivity contribution < 1.29 is 23.3 Å². The van der Waals surface area contributed by atoms with Crippen LogP contribution in [0.15, 0.2) is 65.1 Å². The van der Waals surface area contributed by atoms with Gasteiger partial charge in [-0.15, -0.1) is 0 Å². The van der Waals surface area contributed by atoms with Crippen LogP contribution in [0.25, 0.3) is 6.08 Å². The summed E-state index contributed by atoms with van der Waals surface area (Å²) in [5.74, 6) is 0.178. The second-order valence-electron chi connectivity index (χ2n) is 5.64. The molecular formula is C20H13ClFNO5. The molecule has 1 aromatic heterocycles. The monoisotopic (exact) mass is 401 g/mol. The predicted molar refractivity (Wildman–Crippen MR) is 101 cm³/mol. The summed E-state index contributed by atoms with van der Waals surface area (Å²) in [7, 11) is 0. The third-order valence-electron chi connectivity index (χ3n) is 3.72. The minimum Gasteiger partial charge on any atom is -0.486 e. The summed E-state index contributed by atoms with van der Waals surface area (Å²) in [6, 6.07) is 13.0. The number of allylic oxidation sites excluding steroid dienone is 1. The molecule has 3 aromatic rings. The lowest BCUT2D eigenvalue weighted by Crippen LogP contribution is -2.00. The van der Waals surface area contributed by atoms with E-state index in [-0.39, 0.29) is 22.9 Å². The number of carbonyl (C=O) groups excluding carboxylic acids is 1. The van der Waals surface area contributed by atoms with E-state index in [0.717, 1.165) is 0 Å². The van der Waals surface area contributed by atoms with Gasteiger partial charge in [-0.2, -0.15) is 0 Å². The van der Waals surface area contributed by atoms with Crippen molar-refractivity contribution in [3.63, 3.8) is 0 Å². The van der Waals surface area contributed by atoms with E-state index < -0.39 is 16.5 Å². The summed E-state index contributed by atoms with van der Waals surface area (Å²) >= 11 is 5.69. The lowest BCUT2D eigenvalue weighted by atomic mass is 10.1. The molecule has 0 aliphatic carbocycles. The first-order valence-corrected chi connectivity index (χ1v) is 8.44. The molecule has 0 saturated heterocycles. The molecule has 0 unspecified atom stereocenters. The number of ketones is 1. The molecule has 0 amide bonds. The topological polar surface area (TPSA) is 82.6 Å². The molecule has 0 radical (unpaired) electrons. The van der Waals surface area contributed by atoms with Crippen LogP contribution in [0.2, 0.25) is 5.02 Å². The van der Waals surface area contributed by atoms with Crippen molar-refractivity contribution in [1.82, 2.24) is 0 Å². The number of carbonyl (C=O) groups is 1. The van der Waals surface area contributed by atoms with Crippen LogP contribution in [0, 0.1) is 15.9 Å². The molecule has 0 fully saturated rings. The molecule has 0 aliphatic heterocycles. The van der Waals surface area contributed by atoms with Gasteiger partial charge in [0.05, 0.1) is 15.5 Å². The molecule has 142 valence electrons. The van der Waals surface area contributed by atoms with Gasteiger partial charge in [0.2, 0.25) is 0 Å². The Morgan fingerprint density at radius 3 is 2.75 bits per heavy atom. The number of benzene rings is 2. The lowest BCUT2D eigenvalue weighted by molar-refractivity contribution is -0.385.